The molecule has 0 spiro atoms. The molecule has 1 fully saturated rings. The molecule has 4 amide bonds. The molecule has 39 heavy (non-hydrogen) atoms. The van der Waals surface area contributed by atoms with Crippen molar-refractivity contribution in [2.24, 2.45) is 0 Å². The van der Waals surface area contributed by atoms with Gasteiger partial charge in [0.2, 0.25) is 0 Å². The highest BCUT2D eigenvalue weighted by atomic mass is 16.5. The number of nitrogens with one attached hydrogen (secondary N) is 2. The predicted molar refractivity (Wildman–Crippen MR) is 149 cm³/mol. The molecule has 0 saturated carbocycles. The van der Waals surface area contributed by atoms with E-state index in [0.717, 1.165) is 33.3 Å². The summed E-state index contributed by atoms with van der Waals surface area (Å²) in [5.74, 6) is -0.661. The van der Waals surface area contributed by atoms with Crippen LogP contribution in [0.5, 0.6) is 0 Å². The summed E-state index contributed by atoms with van der Waals surface area (Å²) in [5.41, 5.74) is 5.56. The summed E-state index contributed by atoms with van der Waals surface area (Å²) in [6.07, 6.45) is 1.06. The SMILES string of the molecule is COCCCNC(=O)c1ccccc1N1C(=O)[C@@H]2Cc3c([nH]c4ccccc34)[C@@H](c3ccc(C)cc3)N2C1=O. The van der Waals surface area contributed by atoms with Crippen LogP contribution in [0, 0.1) is 6.92 Å². The zero-order chi connectivity index (χ0) is 27.1. The molecule has 0 bridgehead atoms. The fraction of sp³-hybridized carbons (Fsp3) is 0.258. The van der Waals surface area contributed by atoms with Crippen LogP contribution in [0.4, 0.5) is 10.5 Å². The van der Waals surface area contributed by atoms with Gasteiger partial charge in [-0.25, -0.2) is 9.69 Å². The molecule has 2 atom stereocenters. The summed E-state index contributed by atoms with van der Waals surface area (Å²) < 4.78 is 5.06. The lowest BCUT2D eigenvalue weighted by Crippen LogP contribution is -2.44. The molecule has 4 aromatic rings. The quantitative estimate of drug-likeness (QED) is 0.271. The van der Waals surface area contributed by atoms with Gasteiger partial charge < -0.3 is 15.0 Å². The molecule has 8 heteroatoms. The number of amides is 4. The monoisotopic (exact) mass is 522 g/mol. The lowest BCUT2D eigenvalue weighted by Gasteiger charge is -2.36. The van der Waals surface area contributed by atoms with Crippen molar-refractivity contribution in [1.82, 2.24) is 15.2 Å². The zero-order valence-corrected chi connectivity index (χ0v) is 21.9. The molecule has 8 nitrogen and oxygen atoms in total. The number of hydrogen-bond acceptors (Lipinski definition) is 4. The number of hydrogen-bond donors (Lipinski definition) is 2. The number of aromatic amines is 1. The van der Waals surface area contributed by atoms with Gasteiger partial charge in [0.1, 0.15) is 12.1 Å². The van der Waals surface area contributed by atoms with Gasteiger partial charge in [-0.1, -0.05) is 60.2 Å². The summed E-state index contributed by atoms with van der Waals surface area (Å²) in [6.45, 7) is 2.97. The van der Waals surface area contributed by atoms with Crippen LogP contribution in [0.15, 0.2) is 72.8 Å². The predicted octanol–water partition coefficient (Wildman–Crippen LogP) is 4.73. The number of carbonyl (C=O) groups excluding carboxylic acids is 3. The Bertz CT molecular complexity index is 1580. The van der Waals surface area contributed by atoms with Crippen molar-refractivity contribution < 1.29 is 19.1 Å². The Morgan fingerprint density at radius 2 is 1.77 bits per heavy atom. The van der Waals surface area contributed by atoms with Crippen molar-refractivity contribution in [2.75, 3.05) is 25.2 Å². The Labute approximate surface area is 226 Å². The van der Waals surface area contributed by atoms with Crippen LogP contribution in [-0.4, -0.2) is 54.0 Å². The third-order valence-corrected chi connectivity index (χ3v) is 7.64. The molecule has 1 saturated heterocycles. The van der Waals surface area contributed by atoms with Crippen LogP contribution in [0.25, 0.3) is 10.9 Å². The first kappa shape index (κ1) is 24.9. The molecule has 3 heterocycles. The van der Waals surface area contributed by atoms with Crippen molar-refractivity contribution in [3.05, 3.63) is 101 Å². The number of methoxy groups -OCH3 is 1. The lowest BCUT2D eigenvalue weighted by molar-refractivity contribution is -0.120. The maximum absolute atomic E-state index is 14.2. The highest BCUT2D eigenvalue weighted by Gasteiger charge is 2.53. The second-order valence-electron chi connectivity index (χ2n) is 10.1. The van der Waals surface area contributed by atoms with E-state index in [2.05, 4.69) is 16.4 Å². The Morgan fingerprint density at radius 1 is 1.03 bits per heavy atom. The van der Waals surface area contributed by atoms with E-state index >= 15 is 0 Å². The van der Waals surface area contributed by atoms with E-state index < -0.39 is 18.1 Å². The number of aromatic nitrogens is 1. The molecule has 2 aliphatic rings. The number of rotatable bonds is 7. The van der Waals surface area contributed by atoms with E-state index in [1.165, 1.54) is 4.90 Å². The van der Waals surface area contributed by atoms with E-state index in [1.54, 1.807) is 36.3 Å². The normalized spacial score (nSPS) is 18.4. The summed E-state index contributed by atoms with van der Waals surface area (Å²) in [4.78, 5) is 47.7. The van der Waals surface area contributed by atoms with Crippen molar-refractivity contribution in [1.29, 1.82) is 0 Å². The van der Waals surface area contributed by atoms with Crippen LogP contribution < -0.4 is 10.2 Å². The molecule has 0 radical (unpaired) electrons. The lowest BCUT2D eigenvalue weighted by atomic mass is 9.88. The molecule has 1 aromatic heterocycles. The van der Waals surface area contributed by atoms with Gasteiger partial charge in [0.25, 0.3) is 11.8 Å². The number of anilines is 1. The van der Waals surface area contributed by atoms with Gasteiger partial charge in [0.05, 0.1) is 11.3 Å². The fourth-order valence-corrected chi connectivity index (χ4v) is 5.77. The minimum Gasteiger partial charge on any atom is -0.385 e. The number of benzene rings is 3. The standard InChI is InChI=1S/C31H30N4O4/c1-19-12-14-20(15-13-19)28-27-23(21-8-3-5-10-24(21)33-27)18-26-30(37)35(31(38)34(26)28)25-11-6-4-9-22(25)29(36)32-16-7-17-39-2/h3-6,8-15,26,28,33H,7,16-18H2,1-2H3,(H,32,36)/t26-,28+/m0/s1. The van der Waals surface area contributed by atoms with Crippen LogP contribution in [-0.2, 0) is 16.0 Å². The van der Waals surface area contributed by atoms with Gasteiger partial charge in [-0.05, 0) is 42.7 Å². The van der Waals surface area contributed by atoms with Crippen molar-refractivity contribution in [3.8, 4) is 0 Å². The van der Waals surface area contributed by atoms with Gasteiger partial charge >= 0.3 is 6.03 Å². The maximum Gasteiger partial charge on any atom is 0.332 e. The molecule has 0 unspecified atom stereocenters. The number of H-pyrrole nitrogens is 1. The first-order chi connectivity index (χ1) is 19.0. The summed E-state index contributed by atoms with van der Waals surface area (Å²) in [5, 5.41) is 3.93. The number of fused-ring (bicyclic) bond motifs is 4. The Hall–Kier alpha value is -4.43. The smallest absolute Gasteiger partial charge is 0.332 e. The van der Waals surface area contributed by atoms with Gasteiger partial charge in [-0.15, -0.1) is 0 Å². The minimum atomic E-state index is -0.687. The second kappa shape index (κ2) is 10.0. The Kier molecular flexibility index (Phi) is 6.40. The van der Waals surface area contributed by atoms with Crippen LogP contribution in [0.2, 0.25) is 0 Å². The molecule has 2 aliphatic heterocycles. The van der Waals surface area contributed by atoms with E-state index in [1.807, 2.05) is 49.4 Å². The second-order valence-corrected chi connectivity index (χ2v) is 10.1. The maximum atomic E-state index is 14.2. The average Bonchev–Trinajstić information content (AvgIpc) is 3.44. The van der Waals surface area contributed by atoms with Gasteiger partial charge in [0, 0.05) is 43.3 Å². The molecular formula is C31H30N4O4. The number of imide groups is 1. The summed E-state index contributed by atoms with van der Waals surface area (Å²) in [7, 11) is 1.61. The molecule has 6 rings (SSSR count). The molecule has 2 N–H and O–H groups in total. The highest BCUT2D eigenvalue weighted by Crippen LogP contribution is 2.45. The van der Waals surface area contributed by atoms with Gasteiger partial charge in [0.15, 0.2) is 0 Å². The number of aryl methyl sites for hydroxylation is 1. The average molecular weight is 523 g/mol. The third-order valence-electron chi connectivity index (χ3n) is 7.64. The fourth-order valence-electron chi connectivity index (χ4n) is 5.77. The Morgan fingerprint density at radius 3 is 2.56 bits per heavy atom. The highest BCUT2D eigenvalue weighted by molar-refractivity contribution is 6.24. The molecule has 198 valence electrons. The third kappa shape index (κ3) is 4.17. The summed E-state index contributed by atoms with van der Waals surface area (Å²) >= 11 is 0. The van der Waals surface area contributed by atoms with Crippen molar-refractivity contribution >= 4 is 34.4 Å². The number of ether oxygens (including phenoxy) is 1. The molecule has 3 aromatic carbocycles. The van der Waals surface area contributed by atoms with Crippen LogP contribution in [0.1, 0.15) is 45.2 Å². The van der Waals surface area contributed by atoms with E-state index in [4.69, 9.17) is 4.74 Å². The largest absolute Gasteiger partial charge is 0.385 e. The van der Waals surface area contributed by atoms with Gasteiger partial charge in [-0.3, -0.25) is 14.5 Å². The number of urea groups is 1. The number of para-hydroxylation sites is 2. The first-order valence-corrected chi connectivity index (χ1v) is 13.2. The Balaban J connectivity index is 1.42. The van der Waals surface area contributed by atoms with Crippen molar-refractivity contribution in [3.63, 3.8) is 0 Å². The minimum absolute atomic E-state index is 0.285. The number of nitrogens with zero attached hydrogens (tertiary/aromatic N) is 2. The van der Waals surface area contributed by atoms with E-state index in [0.29, 0.717) is 31.7 Å². The van der Waals surface area contributed by atoms with E-state index in [9.17, 15) is 14.4 Å². The zero-order valence-electron chi connectivity index (χ0n) is 21.9. The van der Waals surface area contributed by atoms with Crippen LogP contribution in [0.3, 0.4) is 0 Å². The topological polar surface area (TPSA) is 94.7 Å². The number of carbonyl (C=O) groups is 3. The van der Waals surface area contributed by atoms with Crippen LogP contribution >= 0.6 is 0 Å². The van der Waals surface area contributed by atoms with Gasteiger partial charge in [-0.2, -0.15) is 0 Å². The van der Waals surface area contributed by atoms with Crippen molar-refractivity contribution in [2.45, 2.75) is 31.8 Å². The first-order valence-electron chi connectivity index (χ1n) is 13.2. The van der Waals surface area contributed by atoms with E-state index in [-0.39, 0.29) is 17.4 Å². The molecule has 0 aliphatic carbocycles. The summed E-state index contributed by atoms with van der Waals surface area (Å²) in [6, 6.07) is 21.3. The molecular weight excluding hydrogens is 492 g/mol.